The fourth-order valence-corrected chi connectivity index (χ4v) is 3.75. The summed E-state index contributed by atoms with van der Waals surface area (Å²) < 4.78 is 2.70. The fourth-order valence-electron chi connectivity index (χ4n) is 2.83. The quantitative estimate of drug-likeness (QED) is 0.597. The van der Waals surface area contributed by atoms with Crippen LogP contribution in [0, 0.1) is 4.77 Å². The van der Waals surface area contributed by atoms with Crippen molar-refractivity contribution in [2.75, 3.05) is 0 Å². The highest BCUT2D eigenvalue weighted by Crippen LogP contribution is 2.22. The lowest BCUT2D eigenvalue weighted by atomic mass is 10.1. The Morgan fingerprint density at radius 2 is 1.92 bits per heavy atom. The summed E-state index contributed by atoms with van der Waals surface area (Å²) in [6.07, 6.45) is 0.171. The number of fused-ring (bicyclic) bond motifs is 1. The molecule has 1 heterocycles. The SMILES string of the molecule is CC(NC(=O)CCn1c(=S)[nH]c2ccccc2c1=O)c1ccccc1Br. The highest BCUT2D eigenvalue weighted by molar-refractivity contribution is 9.10. The molecule has 5 nitrogen and oxygen atoms in total. The van der Waals surface area contributed by atoms with Crippen LogP contribution in [0.2, 0.25) is 0 Å². The molecule has 0 spiro atoms. The summed E-state index contributed by atoms with van der Waals surface area (Å²) in [5.41, 5.74) is 1.52. The molecule has 2 N–H and O–H groups in total. The third-order valence-corrected chi connectivity index (χ3v) is 5.25. The summed E-state index contributed by atoms with van der Waals surface area (Å²) in [4.78, 5) is 27.9. The van der Waals surface area contributed by atoms with E-state index in [1.165, 1.54) is 4.57 Å². The van der Waals surface area contributed by atoms with Gasteiger partial charge in [0.05, 0.1) is 16.9 Å². The summed E-state index contributed by atoms with van der Waals surface area (Å²) in [7, 11) is 0. The molecular formula is C19H18BrN3O2S. The maximum atomic E-state index is 12.6. The van der Waals surface area contributed by atoms with Crippen LogP contribution in [0.3, 0.4) is 0 Å². The summed E-state index contributed by atoms with van der Waals surface area (Å²) in [5, 5.41) is 3.51. The molecule has 7 heteroatoms. The van der Waals surface area contributed by atoms with Crippen molar-refractivity contribution < 1.29 is 4.79 Å². The van der Waals surface area contributed by atoms with Crippen molar-refractivity contribution in [1.82, 2.24) is 14.9 Å². The summed E-state index contributed by atoms with van der Waals surface area (Å²) in [5.74, 6) is -0.136. The molecule has 134 valence electrons. The van der Waals surface area contributed by atoms with Gasteiger partial charge in [0, 0.05) is 17.4 Å². The Hall–Kier alpha value is -2.25. The van der Waals surface area contributed by atoms with E-state index in [0.717, 1.165) is 10.0 Å². The number of benzene rings is 2. The van der Waals surface area contributed by atoms with Crippen LogP contribution in [-0.4, -0.2) is 15.5 Å². The minimum atomic E-state index is -0.184. The number of hydrogen-bond donors (Lipinski definition) is 2. The first kappa shape index (κ1) is 18.5. The highest BCUT2D eigenvalue weighted by Gasteiger charge is 2.13. The molecule has 0 fully saturated rings. The highest BCUT2D eigenvalue weighted by atomic mass is 79.9. The number of para-hydroxylation sites is 1. The van der Waals surface area contributed by atoms with E-state index in [2.05, 4.69) is 26.2 Å². The lowest BCUT2D eigenvalue weighted by molar-refractivity contribution is -0.122. The molecule has 3 aromatic rings. The zero-order valence-corrected chi connectivity index (χ0v) is 16.6. The first-order valence-corrected chi connectivity index (χ1v) is 9.43. The van der Waals surface area contributed by atoms with Gasteiger partial charge in [0.15, 0.2) is 4.77 Å². The van der Waals surface area contributed by atoms with Gasteiger partial charge < -0.3 is 10.3 Å². The Labute approximate surface area is 164 Å². The van der Waals surface area contributed by atoms with E-state index in [1.54, 1.807) is 12.1 Å². The van der Waals surface area contributed by atoms with Crippen LogP contribution in [0.5, 0.6) is 0 Å². The molecule has 0 radical (unpaired) electrons. The van der Waals surface area contributed by atoms with Crippen LogP contribution in [0.15, 0.2) is 57.8 Å². The van der Waals surface area contributed by atoms with Crippen LogP contribution in [0.1, 0.15) is 24.9 Å². The lowest BCUT2D eigenvalue weighted by Gasteiger charge is -2.16. The standard InChI is InChI=1S/C19H18BrN3O2S/c1-12(13-6-2-4-8-15(13)20)21-17(24)10-11-23-18(25)14-7-3-5-9-16(14)22-19(23)26/h2-9,12H,10-11H2,1H3,(H,21,24)(H,22,26). The van der Waals surface area contributed by atoms with E-state index in [0.29, 0.717) is 15.7 Å². The smallest absolute Gasteiger partial charge is 0.262 e. The van der Waals surface area contributed by atoms with Crippen molar-refractivity contribution in [2.45, 2.75) is 25.9 Å². The summed E-state index contributed by atoms with van der Waals surface area (Å²) in [6.45, 7) is 2.15. The Bertz CT molecular complexity index is 1070. The number of aromatic amines is 1. The fraction of sp³-hybridized carbons (Fsp3) is 0.211. The van der Waals surface area contributed by atoms with Crippen LogP contribution in [0.4, 0.5) is 0 Å². The second-order valence-electron chi connectivity index (χ2n) is 5.99. The monoisotopic (exact) mass is 431 g/mol. The molecule has 3 rings (SSSR count). The Morgan fingerprint density at radius 3 is 2.69 bits per heavy atom. The van der Waals surface area contributed by atoms with Gasteiger partial charge in [-0.2, -0.15) is 0 Å². The average molecular weight is 432 g/mol. The van der Waals surface area contributed by atoms with Gasteiger partial charge in [0.25, 0.3) is 5.56 Å². The molecule has 0 aliphatic heterocycles. The number of H-pyrrole nitrogens is 1. The molecule has 1 aromatic heterocycles. The number of carbonyl (C=O) groups is 1. The number of aromatic nitrogens is 2. The zero-order valence-electron chi connectivity index (χ0n) is 14.2. The van der Waals surface area contributed by atoms with Gasteiger partial charge in [-0.3, -0.25) is 14.2 Å². The van der Waals surface area contributed by atoms with Crippen LogP contribution >= 0.6 is 28.1 Å². The number of nitrogens with zero attached hydrogens (tertiary/aromatic N) is 1. The second-order valence-corrected chi connectivity index (χ2v) is 7.23. The number of halogens is 1. The van der Waals surface area contributed by atoms with Crippen molar-refractivity contribution in [3.8, 4) is 0 Å². The topological polar surface area (TPSA) is 66.9 Å². The molecule has 0 saturated carbocycles. The van der Waals surface area contributed by atoms with Gasteiger partial charge in [-0.25, -0.2) is 0 Å². The molecule has 0 aliphatic carbocycles. The molecular weight excluding hydrogens is 414 g/mol. The molecule has 0 aliphatic rings. The van der Waals surface area contributed by atoms with Crippen molar-refractivity contribution in [3.05, 3.63) is 73.7 Å². The van der Waals surface area contributed by atoms with Crippen molar-refractivity contribution in [1.29, 1.82) is 0 Å². The van der Waals surface area contributed by atoms with Gasteiger partial charge >= 0.3 is 0 Å². The first-order valence-electron chi connectivity index (χ1n) is 8.23. The number of nitrogens with one attached hydrogen (secondary N) is 2. The maximum Gasteiger partial charge on any atom is 0.262 e. The average Bonchev–Trinajstić information content (AvgIpc) is 2.61. The summed E-state index contributed by atoms with van der Waals surface area (Å²) >= 11 is 8.76. The van der Waals surface area contributed by atoms with E-state index in [-0.39, 0.29) is 30.5 Å². The van der Waals surface area contributed by atoms with Crippen LogP contribution < -0.4 is 10.9 Å². The Morgan fingerprint density at radius 1 is 1.23 bits per heavy atom. The van der Waals surface area contributed by atoms with Gasteiger partial charge in [-0.05, 0) is 42.9 Å². The predicted molar refractivity (Wildman–Crippen MR) is 109 cm³/mol. The molecule has 26 heavy (non-hydrogen) atoms. The minimum absolute atomic E-state index is 0.136. The minimum Gasteiger partial charge on any atom is -0.349 e. The largest absolute Gasteiger partial charge is 0.349 e. The van der Waals surface area contributed by atoms with E-state index in [9.17, 15) is 9.59 Å². The van der Waals surface area contributed by atoms with Crippen molar-refractivity contribution in [3.63, 3.8) is 0 Å². The number of amides is 1. The summed E-state index contributed by atoms with van der Waals surface area (Å²) in [6, 6.07) is 14.8. The Balaban J connectivity index is 1.72. The van der Waals surface area contributed by atoms with Crippen LogP contribution in [-0.2, 0) is 11.3 Å². The third kappa shape index (κ3) is 3.94. The molecule has 1 unspecified atom stereocenters. The number of rotatable bonds is 5. The maximum absolute atomic E-state index is 12.6. The molecule has 2 aromatic carbocycles. The van der Waals surface area contributed by atoms with E-state index in [4.69, 9.17) is 12.2 Å². The van der Waals surface area contributed by atoms with Gasteiger partial charge in [0.1, 0.15) is 0 Å². The van der Waals surface area contributed by atoms with E-state index < -0.39 is 0 Å². The van der Waals surface area contributed by atoms with E-state index in [1.807, 2.05) is 43.3 Å². The van der Waals surface area contributed by atoms with Gasteiger partial charge in [-0.1, -0.05) is 46.3 Å². The van der Waals surface area contributed by atoms with Gasteiger partial charge in [-0.15, -0.1) is 0 Å². The molecule has 1 amide bonds. The number of hydrogen-bond acceptors (Lipinski definition) is 3. The first-order chi connectivity index (χ1) is 12.5. The molecule has 1 atom stereocenters. The lowest BCUT2D eigenvalue weighted by Crippen LogP contribution is -2.30. The molecule has 0 bridgehead atoms. The Kier molecular flexibility index (Phi) is 5.68. The van der Waals surface area contributed by atoms with Crippen molar-refractivity contribution >= 4 is 45.0 Å². The third-order valence-electron chi connectivity index (χ3n) is 4.20. The molecule has 0 saturated heterocycles. The van der Waals surface area contributed by atoms with Crippen molar-refractivity contribution in [2.24, 2.45) is 0 Å². The zero-order chi connectivity index (χ0) is 18.7. The van der Waals surface area contributed by atoms with Gasteiger partial charge in [0.2, 0.25) is 5.91 Å². The van der Waals surface area contributed by atoms with Crippen LogP contribution in [0.25, 0.3) is 10.9 Å². The predicted octanol–water partition coefficient (Wildman–Crippen LogP) is 4.09. The second kappa shape index (κ2) is 7.97. The van der Waals surface area contributed by atoms with E-state index >= 15 is 0 Å². The number of carbonyl (C=O) groups excluding carboxylic acids is 1. The normalized spacial score (nSPS) is 12.1.